The minimum atomic E-state index is -0.198. The number of carbonyl (C=O) groups excluding carboxylic acids is 1. The number of nitrogens with zero attached hydrogens (tertiary/aromatic N) is 3. The van der Waals surface area contributed by atoms with Crippen LogP contribution in [0.2, 0.25) is 0 Å². The Bertz CT molecular complexity index is 1440. The van der Waals surface area contributed by atoms with Crippen molar-refractivity contribution in [2.24, 2.45) is 0 Å². The molecule has 1 amide bonds. The molecule has 7 nitrogen and oxygen atoms in total. The fourth-order valence-electron chi connectivity index (χ4n) is 4.63. The number of amides is 1. The van der Waals surface area contributed by atoms with Crippen molar-refractivity contribution < 1.29 is 4.79 Å². The van der Waals surface area contributed by atoms with E-state index in [1.165, 1.54) is 19.3 Å². The second-order valence-electron chi connectivity index (χ2n) is 8.52. The molecule has 5 aromatic rings. The summed E-state index contributed by atoms with van der Waals surface area (Å²) in [4.78, 5) is 23.4. The van der Waals surface area contributed by atoms with E-state index < -0.39 is 0 Å². The lowest BCUT2D eigenvalue weighted by molar-refractivity contribution is 0.102. The summed E-state index contributed by atoms with van der Waals surface area (Å²) in [6.07, 6.45) is 7.48. The van der Waals surface area contributed by atoms with Crippen molar-refractivity contribution in [1.29, 1.82) is 0 Å². The molecule has 0 atom stereocenters. The molecule has 1 saturated heterocycles. The Labute approximate surface area is 194 Å². The normalized spacial score (nSPS) is 14.8. The van der Waals surface area contributed by atoms with Gasteiger partial charge in [-0.2, -0.15) is 5.10 Å². The van der Waals surface area contributed by atoms with Crippen LogP contribution in [0.15, 0.2) is 54.2 Å². The predicted octanol–water partition coefficient (Wildman–Crippen LogP) is 5.41. The van der Waals surface area contributed by atoms with Crippen molar-refractivity contribution in [2.75, 3.05) is 18.4 Å². The molecule has 1 aliphatic rings. The van der Waals surface area contributed by atoms with Gasteiger partial charge in [0.1, 0.15) is 10.7 Å². The highest BCUT2D eigenvalue weighted by Crippen LogP contribution is 2.34. The number of anilines is 1. The molecule has 4 heterocycles. The Hall–Kier alpha value is -3.49. The quantitative estimate of drug-likeness (QED) is 0.330. The van der Waals surface area contributed by atoms with Crippen LogP contribution in [-0.2, 0) is 6.54 Å². The van der Waals surface area contributed by atoms with Gasteiger partial charge in [0.25, 0.3) is 5.91 Å². The Morgan fingerprint density at radius 2 is 2.00 bits per heavy atom. The van der Waals surface area contributed by atoms with Gasteiger partial charge in [-0.1, -0.05) is 18.6 Å². The maximum atomic E-state index is 13.1. The topological polar surface area (TPSA) is 89.7 Å². The molecule has 1 aliphatic heterocycles. The summed E-state index contributed by atoms with van der Waals surface area (Å²) in [5.74, 6) is -0.198. The van der Waals surface area contributed by atoms with E-state index in [0.717, 1.165) is 63.3 Å². The number of likely N-dealkylation sites (tertiary alicyclic amines) is 1. The predicted molar refractivity (Wildman–Crippen MR) is 133 cm³/mol. The highest BCUT2D eigenvalue weighted by Gasteiger charge is 2.17. The van der Waals surface area contributed by atoms with Crippen molar-refractivity contribution in [3.05, 3.63) is 64.9 Å². The Kier molecular flexibility index (Phi) is 5.16. The fourth-order valence-corrected chi connectivity index (χ4v) is 5.45. The standard InChI is InChI=1S/C25H24N6OS/c32-25(23-15-33-24(28-23)14-31-9-2-1-3-10-31)29-21-11-16(12-22-19(21)13-27-30-22)17-5-4-6-20-18(17)7-8-26-20/h4-8,11-13,15,26H,1-3,9-10,14H2,(H,27,30)(H,29,32). The van der Waals surface area contributed by atoms with E-state index in [4.69, 9.17) is 0 Å². The van der Waals surface area contributed by atoms with Gasteiger partial charge in [-0.15, -0.1) is 11.3 Å². The molecule has 0 aliphatic carbocycles. The summed E-state index contributed by atoms with van der Waals surface area (Å²) in [7, 11) is 0. The first-order valence-electron chi connectivity index (χ1n) is 11.3. The number of rotatable bonds is 5. The lowest BCUT2D eigenvalue weighted by atomic mass is 9.99. The van der Waals surface area contributed by atoms with E-state index in [0.29, 0.717) is 5.69 Å². The molecule has 3 N–H and O–H groups in total. The molecule has 0 radical (unpaired) electrons. The molecule has 0 saturated carbocycles. The summed E-state index contributed by atoms with van der Waals surface area (Å²) >= 11 is 1.55. The van der Waals surface area contributed by atoms with Crippen molar-refractivity contribution in [3.63, 3.8) is 0 Å². The Morgan fingerprint density at radius 3 is 2.91 bits per heavy atom. The second kappa shape index (κ2) is 8.46. The molecule has 6 rings (SSSR count). The van der Waals surface area contributed by atoms with E-state index in [1.54, 1.807) is 17.5 Å². The van der Waals surface area contributed by atoms with E-state index in [2.05, 4.69) is 54.6 Å². The van der Waals surface area contributed by atoms with E-state index in [-0.39, 0.29) is 5.91 Å². The number of benzene rings is 2. The zero-order chi connectivity index (χ0) is 22.2. The number of hydrogen-bond acceptors (Lipinski definition) is 5. The minimum absolute atomic E-state index is 0.198. The first-order valence-corrected chi connectivity index (χ1v) is 12.1. The molecule has 0 spiro atoms. The van der Waals surface area contributed by atoms with Crippen molar-refractivity contribution in [1.82, 2.24) is 25.1 Å². The Morgan fingerprint density at radius 1 is 1.09 bits per heavy atom. The van der Waals surface area contributed by atoms with Crippen LogP contribution in [0.3, 0.4) is 0 Å². The lowest BCUT2D eigenvalue weighted by Gasteiger charge is -2.25. The minimum Gasteiger partial charge on any atom is -0.361 e. The number of carbonyl (C=O) groups is 1. The summed E-state index contributed by atoms with van der Waals surface area (Å²) in [6.45, 7) is 3.04. The molecule has 8 heteroatoms. The van der Waals surface area contributed by atoms with Crippen LogP contribution in [0.1, 0.15) is 34.8 Å². The largest absolute Gasteiger partial charge is 0.361 e. The smallest absolute Gasteiger partial charge is 0.275 e. The highest BCUT2D eigenvalue weighted by molar-refractivity contribution is 7.09. The zero-order valence-corrected chi connectivity index (χ0v) is 18.9. The maximum absolute atomic E-state index is 13.1. The second-order valence-corrected chi connectivity index (χ2v) is 9.46. The number of nitrogens with one attached hydrogen (secondary N) is 3. The SMILES string of the molecule is O=C(Nc1cc(-c2cccc3[nH]ccc23)cc2[nH]ncc12)c1csc(CN2CCCCC2)n1. The van der Waals surface area contributed by atoms with Gasteiger partial charge < -0.3 is 10.3 Å². The van der Waals surface area contributed by atoms with Crippen LogP contribution in [0.5, 0.6) is 0 Å². The molecule has 2 aromatic carbocycles. The van der Waals surface area contributed by atoms with Gasteiger partial charge in [0.15, 0.2) is 0 Å². The van der Waals surface area contributed by atoms with Crippen molar-refractivity contribution >= 4 is 44.7 Å². The van der Waals surface area contributed by atoms with Gasteiger partial charge in [-0.05, 0) is 61.3 Å². The molecule has 3 aromatic heterocycles. The number of H-pyrrole nitrogens is 2. The van der Waals surface area contributed by atoms with Crippen LogP contribution in [0, 0.1) is 0 Å². The fraction of sp³-hybridized carbons (Fsp3) is 0.240. The summed E-state index contributed by atoms with van der Waals surface area (Å²) < 4.78 is 0. The van der Waals surface area contributed by atoms with Gasteiger partial charge in [-0.25, -0.2) is 4.98 Å². The zero-order valence-electron chi connectivity index (χ0n) is 18.1. The maximum Gasteiger partial charge on any atom is 0.275 e. The highest BCUT2D eigenvalue weighted by atomic mass is 32.1. The number of aromatic nitrogens is 4. The first-order chi connectivity index (χ1) is 16.2. The summed E-state index contributed by atoms with van der Waals surface area (Å²) in [6, 6.07) is 12.3. The molecule has 1 fully saturated rings. The number of hydrogen-bond donors (Lipinski definition) is 3. The molecule has 0 unspecified atom stereocenters. The van der Waals surface area contributed by atoms with E-state index in [1.807, 2.05) is 23.7 Å². The Balaban J connectivity index is 1.29. The van der Waals surface area contributed by atoms with Gasteiger partial charge in [0, 0.05) is 27.9 Å². The molecule has 166 valence electrons. The third-order valence-corrected chi connectivity index (χ3v) is 7.14. The van der Waals surface area contributed by atoms with Crippen LogP contribution >= 0.6 is 11.3 Å². The first kappa shape index (κ1) is 20.1. The number of thiazole rings is 1. The van der Waals surface area contributed by atoms with Crippen molar-refractivity contribution in [2.45, 2.75) is 25.8 Å². The van der Waals surface area contributed by atoms with Crippen molar-refractivity contribution in [3.8, 4) is 11.1 Å². The molecular formula is C25H24N6OS. The monoisotopic (exact) mass is 456 g/mol. The summed E-state index contributed by atoms with van der Waals surface area (Å²) in [5.41, 5.74) is 5.24. The van der Waals surface area contributed by atoms with Crippen LogP contribution in [-0.4, -0.2) is 44.1 Å². The van der Waals surface area contributed by atoms with Crippen LogP contribution in [0.4, 0.5) is 5.69 Å². The summed E-state index contributed by atoms with van der Waals surface area (Å²) in [5, 5.41) is 15.2. The molecule has 33 heavy (non-hydrogen) atoms. The third kappa shape index (κ3) is 3.92. The van der Waals surface area contributed by atoms with Gasteiger partial charge >= 0.3 is 0 Å². The number of aromatic amines is 2. The van der Waals surface area contributed by atoms with Crippen LogP contribution in [0.25, 0.3) is 32.9 Å². The average molecular weight is 457 g/mol. The lowest BCUT2D eigenvalue weighted by Crippen LogP contribution is -2.29. The molecular weight excluding hydrogens is 432 g/mol. The van der Waals surface area contributed by atoms with Crippen LogP contribution < -0.4 is 5.32 Å². The van der Waals surface area contributed by atoms with Gasteiger partial charge in [0.2, 0.25) is 0 Å². The van der Waals surface area contributed by atoms with Gasteiger partial charge in [0.05, 0.1) is 23.9 Å². The number of fused-ring (bicyclic) bond motifs is 2. The number of piperidine rings is 1. The van der Waals surface area contributed by atoms with E-state index >= 15 is 0 Å². The van der Waals surface area contributed by atoms with Gasteiger partial charge in [-0.3, -0.25) is 14.8 Å². The third-order valence-electron chi connectivity index (χ3n) is 6.30. The molecule has 0 bridgehead atoms. The average Bonchev–Trinajstić information content (AvgIpc) is 3.60. The van der Waals surface area contributed by atoms with E-state index in [9.17, 15) is 4.79 Å².